The highest BCUT2D eigenvalue weighted by Crippen LogP contribution is 2.11. The van der Waals surface area contributed by atoms with Crippen molar-refractivity contribution in [3.63, 3.8) is 0 Å². The zero-order valence-electron chi connectivity index (χ0n) is 6.44. The maximum atomic E-state index is 6.90. The number of hydrogen-bond acceptors (Lipinski definition) is 1. The van der Waals surface area contributed by atoms with E-state index in [0.717, 1.165) is 0 Å². The van der Waals surface area contributed by atoms with Gasteiger partial charge < -0.3 is 4.42 Å². The van der Waals surface area contributed by atoms with Crippen molar-refractivity contribution in [2.24, 2.45) is 0 Å². The maximum absolute atomic E-state index is 6.90. The predicted octanol–water partition coefficient (Wildman–Crippen LogP) is 2.35. The van der Waals surface area contributed by atoms with E-state index in [0.29, 0.717) is 4.67 Å². The fourth-order valence-corrected chi connectivity index (χ4v) is 0.621. The zero-order valence-corrected chi connectivity index (χ0v) is 5.03. The molecule has 1 aromatic rings. The van der Waals surface area contributed by atoms with Crippen LogP contribution >= 0.6 is 15.9 Å². The van der Waals surface area contributed by atoms with Crippen molar-refractivity contribution in [2.75, 3.05) is 0 Å². The Bertz CT molecular complexity index is 227. The van der Waals surface area contributed by atoms with E-state index in [1.54, 1.807) is 6.07 Å². The molecule has 0 aromatic carbocycles. The van der Waals surface area contributed by atoms with E-state index < -0.39 is 6.85 Å². The molecular formula is C5H5BrO. The van der Waals surface area contributed by atoms with Gasteiger partial charge in [-0.25, -0.2) is 0 Å². The Labute approximate surface area is 54.7 Å². The summed E-state index contributed by atoms with van der Waals surface area (Å²) in [6.45, 7) is -2.13. The van der Waals surface area contributed by atoms with Crippen molar-refractivity contribution < 1.29 is 8.53 Å². The predicted molar refractivity (Wildman–Crippen MR) is 31.1 cm³/mol. The Balaban J connectivity index is 2.96. The SMILES string of the molecule is [2H][13C]([2H])([2H])c1ccc(Br)o1. The van der Waals surface area contributed by atoms with Crippen LogP contribution in [0.15, 0.2) is 21.2 Å². The largest absolute Gasteiger partial charge is 0.455 e. The lowest BCUT2D eigenvalue weighted by Crippen LogP contribution is -1.49. The summed E-state index contributed by atoms with van der Waals surface area (Å²) in [4.78, 5) is 0. The molecule has 0 spiro atoms. The van der Waals surface area contributed by atoms with Crippen LogP contribution in [0.1, 0.15) is 9.87 Å². The van der Waals surface area contributed by atoms with E-state index in [-0.39, 0.29) is 5.76 Å². The Hall–Kier alpha value is -0.240. The number of halogens is 1. The normalized spacial score (nSPS) is 17.6. The molecule has 0 aliphatic heterocycles. The molecule has 1 aromatic heterocycles. The monoisotopic (exact) mass is 164 g/mol. The summed E-state index contributed by atoms with van der Waals surface area (Å²) in [6, 6.07) is 2.98. The van der Waals surface area contributed by atoms with Gasteiger partial charge in [0.25, 0.3) is 0 Å². The first-order valence-corrected chi connectivity index (χ1v) is 2.55. The van der Waals surface area contributed by atoms with Crippen LogP contribution in [0.5, 0.6) is 0 Å². The molecule has 0 unspecified atom stereocenters. The van der Waals surface area contributed by atoms with E-state index in [2.05, 4.69) is 15.9 Å². The fourth-order valence-electron chi connectivity index (χ4n) is 0.314. The van der Waals surface area contributed by atoms with Gasteiger partial charge in [0.05, 0.1) is 0 Å². The van der Waals surface area contributed by atoms with Crippen molar-refractivity contribution in [3.8, 4) is 0 Å². The van der Waals surface area contributed by atoms with Crippen molar-refractivity contribution >= 4 is 15.9 Å². The van der Waals surface area contributed by atoms with Gasteiger partial charge in [-0.1, -0.05) is 0 Å². The van der Waals surface area contributed by atoms with Crippen LogP contribution in [0.2, 0.25) is 0 Å². The number of aryl methyl sites for hydroxylation is 1. The first kappa shape index (κ1) is 2.35. The van der Waals surface area contributed by atoms with Crippen molar-refractivity contribution in [1.29, 1.82) is 0 Å². The Morgan fingerprint density at radius 2 is 2.71 bits per heavy atom. The molecule has 0 radical (unpaired) electrons. The second-order valence-electron chi connectivity index (χ2n) is 1.10. The quantitative estimate of drug-likeness (QED) is 0.537. The summed E-state index contributed by atoms with van der Waals surface area (Å²) < 4.78 is 26.0. The Morgan fingerprint density at radius 1 is 1.86 bits per heavy atom. The van der Waals surface area contributed by atoms with E-state index in [4.69, 9.17) is 8.53 Å². The highest BCUT2D eigenvalue weighted by Gasteiger charge is 1.87. The second kappa shape index (κ2) is 1.70. The molecule has 0 aliphatic carbocycles. The standard InChI is InChI=1S/C5H5BrO/c1-4-2-3-5(6)7-4/h2-3H,1H3/i1+1D3. The average molecular weight is 165 g/mol. The number of furan rings is 1. The lowest BCUT2D eigenvalue weighted by atomic mass is 10.6. The van der Waals surface area contributed by atoms with E-state index in [1.807, 2.05) is 0 Å². The van der Waals surface area contributed by atoms with Gasteiger partial charge in [0.2, 0.25) is 0 Å². The molecule has 38 valence electrons. The summed E-state index contributed by atoms with van der Waals surface area (Å²) in [5.74, 6) is 0.0133. The fraction of sp³-hybridized carbons (Fsp3) is 0.200. The van der Waals surface area contributed by atoms with Crippen LogP contribution in [0.3, 0.4) is 0 Å². The minimum atomic E-state index is -2.13. The van der Waals surface area contributed by atoms with Gasteiger partial charge in [-0.15, -0.1) is 0 Å². The molecule has 1 nitrogen and oxygen atoms in total. The first-order chi connectivity index (χ1) is 4.50. The molecule has 2 heteroatoms. The Morgan fingerprint density at radius 3 is 3.00 bits per heavy atom. The van der Waals surface area contributed by atoms with Crippen LogP contribution < -0.4 is 0 Å². The Kier molecular flexibility index (Phi) is 0.572. The molecule has 1 rings (SSSR count). The maximum Gasteiger partial charge on any atom is 0.169 e. The van der Waals surface area contributed by atoms with Gasteiger partial charge >= 0.3 is 0 Å². The first-order valence-electron chi connectivity index (χ1n) is 3.26. The third-order valence-corrected chi connectivity index (χ3v) is 0.999. The molecule has 0 atom stereocenters. The van der Waals surface area contributed by atoms with Crippen LogP contribution in [-0.2, 0) is 0 Å². The van der Waals surface area contributed by atoms with Gasteiger partial charge in [-0.3, -0.25) is 0 Å². The molecular weight excluding hydrogens is 157 g/mol. The third kappa shape index (κ3) is 1.06. The van der Waals surface area contributed by atoms with Gasteiger partial charge in [0.1, 0.15) is 5.76 Å². The molecule has 1 heterocycles. The van der Waals surface area contributed by atoms with Crippen LogP contribution in [-0.4, -0.2) is 0 Å². The van der Waals surface area contributed by atoms with Gasteiger partial charge in [-0.2, -0.15) is 0 Å². The molecule has 7 heavy (non-hydrogen) atoms. The molecule has 0 amide bonds. The van der Waals surface area contributed by atoms with E-state index >= 15 is 0 Å². The van der Waals surface area contributed by atoms with E-state index in [9.17, 15) is 0 Å². The molecule has 0 bridgehead atoms. The highest BCUT2D eigenvalue weighted by molar-refractivity contribution is 9.10. The molecule has 0 saturated carbocycles. The van der Waals surface area contributed by atoms with Crippen LogP contribution in [0.4, 0.5) is 0 Å². The topological polar surface area (TPSA) is 13.1 Å². The van der Waals surface area contributed by atoms with Crippen molar-refractivity contribution in [3.05, 3.63) is 22.6 Å². The minimum absolute atomic E-state index is 0.0133. The number of rotatable bonds is 0. The molecule has 0 N–H and O–H groups in total. The highest BCUT2D eigenvalue weighted by atomic mass is 79.9. The third-order valence-electron chi connectivity index (χ3n) is 0.573. The van der Waals surface area contributed by atoms with Gasteiger partial charge in [0, 0.05) is 4.11 Å². The molecule has 0 aliphatic rings. The summed E-state index contributed by atoms with van der Waals surface area (Å²) in [5, 5.41) is 0. The molecule has 0 fully saturated rings. The zero-order chi connectivity index (χ0) is 7.78. The smallest absolute Gasteiger partial charge is 0.169 e. The van der Waals surface area contributed by atoms with Gasteiger partial charge in [0.15, 0.2) is 4.67 Å². The van der Waals surface area contributed by atoms with Crippen molar-refractivity contribution in [2.45, 2.75) is 6.85 Å². The van der Waals surface area contributed by atoms with Crippen LogP contribution in [0.25, 0.3) is 0 Å². The van der Waals surface area contributed by atoms with Gasteiger partial charge in [-0.05, 0) is 34.9 Å². The summed E-state index contributed by atoms with van der Waals surface area (Å²) in [5.41, 5.74) is 0. The van der Waals surface area contributed by atoms with Crippen LogP contribution in [0, 0.1) is 6.85 Å². The van der Waals surface area contributed by atoms with E-state index in [1.165, 1.54) is 6.07 Å². The summed E-state index contributed by atoms with van der Waals surface area (Å²) >= 11 is 3.01. The lowest BCUT2D eigenvalue weighted by molar-refractivity contribution is 0.510. The minimum Gasteiger partial charge on any atom is -0.455 e. The molecule has 0 saturated heterocycles. The summed E-state index contributed by atoms with van der Waals surface area (Å²) in [7, 11) is 0. The average Bonchev–Trinajstić information content (AvgIpc) is 2.11. The summed E-state index contributed by atoms with van der Waals surface area (Å²) in [6.07, 6.45) is 0. The van der Waals surface area contributed by atoms with Crippen molar-refractivity contribution in [1.82, 2.24) is 0 Å². The lowest BCUT2D eigenvalue weighted by Gasteiger charge is -1.74. The second-order valence-corrected chi connectivity index (χ2v) is 1.89. The number of hydrogen-bond donors (Lipinski definition) is 0.